The Morgan fingerprint density at radius 2 is 2.06 bits per heavy atom. The van der Waals surface area contributed by atoms with Gasteiger partial charge >= 0.3 is 0 Å². The maximum atomic E-state index is 11.6. The second kappa shape index (κ2) is 4.06. The molecule has 2 heterocycles. The summed E-state index contributed by atoms with van der Waals surface area (Å²) in [6, 6.07) is 4.24. The van der Waals surface area contributed by atoms with Gasteiger partial charge in [0.25, 0.3) is 0 Å². The molecule has 1 amide bonds. The molecule has 3 rings (SSSR count). The predicted molar refractivity (Wildman–Crippen MR) is 69.6 cm³/mol. The van der Waals surface area contributed by atoms with Crippen molar-refractivity contribution >= 4 is 17.3 Å². The second-order valence-corrected chi connectivity index (χ2v) is 4.89. The average Bonchev–Trinajstić information content (AvgIpc) is 2.37. The fraction of sp³-hybridized carbons (Fsp3) is 0.500. The number of benzene rings is 1. The Hall–Kier alpha value is -1.51. The van der Waals surface area contributed by atoms with Crippen LogP contribution in [-0.2, 0) is 17.6 Å². The number of nitrogens with zero attached hydrogens (tertiary/aromatic N) is 1. The normalized spacial score (nSPS) is 18.1. The van der Waals surface area contributed by atoms with E-state index < -0.39 is 0 Å². The molecule has 17 heavy (non-hydrogen) atoms. The second-order valence-electron chi connectivity index (χ2n) is 4.89. The minimum atomic E-state index is 0.162. The molecule has 0 spiro atoms. The molecule has 1 aromatic carbocycles. The Kier molecular flexibility index (Phi) is 2.54. The van der Waals surface area contributed by atoms with Gasteiger partial charge < -0.3 is 10.2 Å². The topological polar surface area (TPSA) is 32.3 Å². The first-order chi connectivity index (χ1) is 8.27. The Morgan fingerprint density at radius 1 is 1.24 bits per heavy atom. The first kappa shape index (κ1) is 10.6. The Balaban J connectivity index is 2.11. The molecule has 2 aliphatic heterocycles. The van der Waals surface area contributed by atoms with E-state index >= 15 is 0 Å². The van der Waals surface area contributed by atoms with E-state index in [1.807, 2.05) is 4.90 Å². The van der Waals surface area contributed by atoms with E-state index in [0.29, 0.717) is 0 Å². The van der Waals surface area contributed by atoms with E-state index in [2.05, 4.69) is 17.4 Å². The van der Waals surface area contributed by atoms with Crippen LogP contribution >= 0.6 is 0 Å². The van der Waals surface area contributed by atoms with Crippen molar-refractivity contribution in [3.05, 3.63) is 23.3 Å². The maximum absolute atomic E-state index is 11.6. The Labute approximate surface area is 102 Å². The number of carbonyl (C=O) groups excluding carboxylic acids is 1. The lowest BCUT2D eigenvalue weighted by molar-refractivity contribution is -0.116. The molecule has 1 N–H and O–H groups in total. The first-order valence-corrected chi connectivity index (χ1v) is 6.44. The molecule has 2 aliphatic rings. The molecular formula is C14H18N2O. The molecule has 1 aromatic rings. The lowest BCUT2D eigenvalue weighted by Crippen LogP contribution is -2.34. The summed E-state index contributed by atoms with van der Waals surface area (Å²) in [6.45, 7) is 3.60. The van der Waals surface area contributed by atoms with Crippen LogP contribution in [0.25, 0.3) is 0 Å². The highest BCUT2D eigenvalue weighted by molar-refractivity contribution is 5.93. The van der Waals surface area contributed by atoms with Crippen LogP contribution in [-0.4, -0.2) is 19.0 Å². The summed E-state index contributed by atoms with van der Waals surface area (Å²) in [6.07, 6.45) is 4.55. The molecular weight excluding hydrogens is 212 g/mol. The largest absolute Gasteiger partial charge is 0.385 e. The van der Waals surface area contributed by atoms with Crippen LogP contribution in [0.15, 0.2) is 12.1 Å². The van der Waals surface area contributed by atoms with E-state index in [1.165, 1.54) is 23.2 Å². The van der Waals surface area contributed by atoms with Gasteiger partial charge in [-0.25, -0.2) is 0 Å². The highest BCUT2D eigenvalue weighted by Gasteiger charge is 2.24. The number of rotatable bonds is 0. The molecule has 0 bridgehead atoms. The summed E-state index contributed by atoms with van der Waals surface area (Å²) in [7, 11) is 0. The van der Waals surface area contributed by atoms with Crippen molar-refractivity contribution in [1.29, 1.82) is 0 Å². The molecule has 0 atom stereocenters. The number of nitrogens with one attached hydrogen (secondary N) is 1. The van der Waals surface area contributed by atoms with Gasteiger partial charge in [-0.1, -0.05) is 0 Å². The average molecular weight is 230 g/mol. The minimum absolute atomic E-state index is 0.162. The summed E-state index contributed by atoms with van der Waals surface area (Å²) in [5.74, 6) is 0.162. The van der Waals surface area contributed by atoms with Crippen LogP contribution in [0.3, 0.4) is 0 Å². The molecule has 0 saturated carbocycles. The van der Waals surface area contributed by atoms with Crippen LogP contribution in [0, 0.1) is 0 Å². The molecule has 0 aliphatic carbocycles. The van der Waals surface area contributed by atoms with E-state index in [1.54, 1.807) is 6.92 Å². The third-order valence-electron chi connectivity index (χ3n) is 3.80. The third kappa shape index (κ3) is 1.70. The van der Waals surface area contributed by atoms with Crippen molar-refractivity contribution in [1.82, 2.24) is 0 Å². The summed E-state index contributed by atoms with van der Waals surface area (Å²) in [5, 5.41) is 3.45. The van der Waals surface area contributed by atoms with E-state index in [4.69, 9.17) is 0 Å². The predicted octanol–water partition coefficient (Wildman–Crippen LogP) is 2.34. The van der Waals surface area contributed by atoms with E-state index in [0.717, 1.165) is 38.0 Å². The van der Waals surface area contributed by atoms with Crippen molar-refractivity contribution in [3.8, 4) is 0 Å². The van der Waals surface area contributed by atoms with Gasteiger partial charge in [-0.15, -0.1) is 0 Å². The lowest BCUT2D eigenvalue weighted by atomic mass is 9.90. The van der Waals surface area contributed by atoms with Crippen molar-refractivity contribution in [3.63, 3.8) is 0 Å². The van der Waals surface area contributed by atoms with Gasteiger partial charge in [-0.05, 0) is 48.9 Å². The van der Waals surface area contributed by atoms with Crippen LogP contribution < -0.4 is 10.2 Å². The van der Waals surface area contributed by atoms with E-state index in [-0.39, 0.29) is 5.91 Å². The van der Waals surface area contributed by atoms with Crippen LogP contribution in [0.1, 0.15) is 30.9 Å². The van der Waals surface area contributed by atoms with Gasteiger partial charge in [0.05, 0.1) is 0 Å². The smallest absolute Gasteiger partial charge is 0.223 e. The number of carbonyl (C=O) groups is 1. The van der Waals surface area contributed by atoms with Crippen molar-refractivity contribution in [2.45, 2.75) is 32.6 Å². The van der Waals surface area contributed by atoms with E-state index in [9.17, 15) is 4.79 Å². The maximum Gasteiger partial charge on any atom is 0.223 e. The Morgan fingerprint density at radius 3 is 2.88 bits per heavy atom. The summed E-state index contributed by atoms with van der Waals surface area (Å²) in [5.41, 5.74) is 5.27. The minimum Gasteiger partial charge on any atom is -0.385 e. The molecule has 0 unspecified atom stereocenters. The highest BCUT2D eigenvalue weighted by atomic mass is 16.2. The fourth-order valence-electron chi connectivity index (χ4n) is 3.01. The lowest BCUT2D eigenvalue weighted by Gasteiger charge is -2.32. The zero-order valence-electron chi connectivity index (χ0n) is 10.3. The molecule has 0 aromatic heterocycles. The summed E-state index contributed by atoms with van der Waals surface area (Å²) < 4.78 is 0. The van der Waals surface area contributed by atoms with Crippen molar-refractivity contribution in [2.75, 3.05) is 23.3 Å². The standard InChI is InChI=1S/C14H18N2O/c1-10(17)16-9-3-5-12-11-4-2-8-15-13(11)6-7-14(12)16/h6-7,15H,2-5,8-9H2,1H3. The fourth-order valence-corrected chi connectivity index (χ4v) is 3.01. The molecule has 0 radical (unpaired) electrons. The highest BCUT2D eigenvalue weighted by Crippen LogP contribution is 2.36. The van der Waals surface area contributed by atoms with Crippen molar-refractivity contribution in [2.24, 2.45) is 0 Å². The number of amides is 1. The van der Waals surface area contributed by atoms with Crippen molar-refractivity contribution < 1.29 is 4.79 Å². The van der Waals surface area contributed by atoms with Gasteiger partial charge in [-0.2, -0.15) is 0 Å². The van der Waals surface area contributed by atoms with Crippen LogP contribution in [0.4, 0.5) is 11.4 Å². The zero-order valence-corrected chi connectivity index (χ0v) is 10.3. The molecule has 3 nitrogen and oxygen atoms in total. The first-order valence-electron chi connectivity index (χ1n) is 6.44. The summed E-state index contributed by atoms with van der Waals surface area (Å²) in [4.78, 5) is 13.6. The van der Waals surface area contributed by atoms with Crippen LogP contribution in [0.5, 0.6) is 0 Å². The van der Waals surface area contributed by atoms with Gasteiger partial charge in [0.1, 0.15) is 0 Å². The summed E-state index contributed by atoms with van der Waals surface area (Å²) >= 11 is 0. The molecule has 90 valence electrons. The molecule has 0 fully saturated rings. The Bertz CT molecular complexity index is 468. The van der Waals surface area contributed by atoms with Gasteiger partial charge in [0, 0.05) is 31.4 Å². The molecule has 3 heteroatoms. The van der Waals surface area contributed by atoms with Gasteiger partial charge in [0.2, 0.25) is 5.91 Å². The monoisotopic (exact) mass is 230 g/mol. The number of anilines is 2. The molecule has 0 saturated heterocycles. The zero-order chi connectivity index (χ0) is 11.8. The number of fused-ring (bicyclic) bond motifs is 3. The van der Waals surface area contributed by atoms with Gasteiger partial charge in [0.15, 0.2) is 0 Å². The number of hydrogen-bond acceptors (Lipinski definition) is 2. The quantitative estimate of drug-likeness (QED) is 0.742. The van der Waals surface area contributed by atoms with Crippen LogP contribution in [0.2, 0.25) is 0 Å². The SMILES string of the molecule is CC(=O)N1CCCc2c1ccc1c2CCCN1. The number of hydrogen-bond donors (Lipinski definition) is 1. The third-order valence-corrected chi connectivity index (χ3v) is 3.80. The van der Waals surface area contributed by atoms with Gasteiger partial charge in [-0.3, -0.25) is 4.79 Å².